The average molecular weight is 744 g/mol. The van der Waals surface area contributed by atoms with Crippen molar-refractivity contribution in [1.82, 2.24) is 5.32 Å². The van der Waals surface area contributed by atoms with Crippen molar-refractivity contribution >= 4 is 32.8 Å². The maximum absolute atomic E-state index is 14.3. The zero-order chi connectivity index (χ0) is 38.2. The van der Waals surface area contributed by atoms with E-state index in [0.717, 1.165) is 27.5 Å². The quantitative estimate of drug-likeness (QED) is 0.0252. The first kappa shape index (κ1) is 38.4. The van der Waals surface area contributed by atoms with Gasteiger partial charge in [-0.1, -0.05) is 121 Å². The summed E-state index contributed by atoms with van der Waals surface area (Å²) in [5.74, 6) is -1.50. The molecule has 54 heavy (non-hydrogen) atoms. The third-order valence-electron chi connectivity index (χ3n) is 9.72. The van der Waals surface area contributed by atoms with Crippen molar-refractivity contribution < 1.29 is 31.7 Å². The van der Waals surface area contributed by atoms with Gasteiger partial charge in [0.25, 0.3) is 10.1 Å². The van der Waals surface area contributed by atoms with Gasteiger partial charge in [-0.3, -0.25) is 19.1 Å². The fraction of sp³-hybridized carbons (Fsp3) is 0.244. The summed E-state index contributed by atoms with van der Waals surface area (Å²) in [4.78, 5) is 28.2. The summed E-state index contributed by atoms with van der Waals surface area (Å²) in [5.41, 5.74) is 0.774. The number of hydrogen-bond acceptors (Lipinski definition) is 8. The van der Waals surface area contributed by atoms with Gasteiger partial charge in [-0.15, -0.1) is 0 Å². The molecule has 0 saturated heterocycles. The molecule has 8 nitrogen and oxygen atoms in total. The van der Waals surface area contributed by atoms with Crippen LogP contribution in [-0.4, -0.2) is 38.6 Å². The molecule has 0 aromatic heterocycles. The Kier molecular flexibility index (Phi) is 11.9. The van der Waals surface area contributed by atoms with Crippen LogP contribution in [0, 0.1) is 5.92 Å². The number of fused-ring (bicyclic) bond motifs is 1. The van der Waals surface area contributed by atoms with Gasteiger partial charge < -0.3 is 9.47 Å². The Hall–Kier alpha value is -5.35. The lowest BCUT2D eigenvalue weighted by molar-refractivity contribution is -0.153. The predicted octanol–water partition coefficient (Wildman–Crippen LogP) is 8.62. The third kappa shape index (κ3) is 9.05. The molecule has 1 aliphatic carbocycles. The summed E-state index contributed by atoms with van der Waals surface area (Å²) >= 11 is 0. The lowest BCUT2D eigenvalue weighted by Gasteiger charge is -2.40. The summed E-state index contributed by atoms with van der Waals surface area (Å²) in [6.07, 6.45) is 5.66. The monoisotopic (exact) mass is 743 g/mol. The number of rotatable bonds is 17. The minimum absolute atomic E-state index is 0.00356. The van der Waals surface area contributed by atoms with Crippen LogP contribution in [0.5, 0.6) is 0 Å². The smallest absolute Gasteiger partial charge is 0.324 e. The zero-order valence-electron chi connectivity index (χ0n) is 30.7. The molecule has 0 heterocycles. The second-order valence-electron chi connectivity index (χ2n) is 13.7. The summed E-state index contributed by atoms with van der Waals surface area (Å²) in [7, 11) is -4.08. The van der Waals surface area contributed by atoms with Crippen molar-refractivity contribution in [3.8, 4) is 0 Å². The van der Waals surface area contributed by atoms with Crippen LogP contribution in [0.2, 0.25) is 0 Å². The highest BCUT2D eigenvalue weighted by Crippen LogP contribution is 2.39. The fourth-order valence-electron chi connectivity index (χ4n) is 6.57. The van der Waals surface area contributed by atoms with Gasteiger partial charge in [-0.2, -0.15) is 8.42 Å². The Morgan fingerprint density at radius 2 is 1.30 bits per heavy atom. The molecule has 0 aliphatic heterocycles. The van der Waals surface area contributed by atoms with E-state index in [0.29, 0.717) is 5.76 Å². The van der Waals surface area contributed by atoms with Gasteiger partial charge in [0.05, 0.1) is 23.0 Å². The maximum Gasteiger partial charge on any atom is 0.324 e. The van der Waals surface area contributed by atoms with E-state index >= 15 is 0 Å². The highest BCUT2D eigenvalue weighted by atomic mass is 32.2. The van der Waals surface area contributed by atoms with Crippen LogP contribution in [0.1, 0.15) is 56.7 Å². The Balaban J connectivity index is 1.32. The SMILES string of the molecule is C/C=C(\C)OC(=O)[C@@H](CCCOS(=O)(=O)c1ccc2ccccc2c1)C[C@H](NC(c1ccccc1)(c1ccccc1)c1ccccc1)C(=O)OC1(C)C=C1. The lowest BCUT2D eigenvalue weighted by atomic mass is 9.76. The van der Waals surface area contributed by atoms with E-state index in [1.807, 2.05) is 115 Å². The van der Waals surface area contributed by atoms with Crippen LogP contribution in [0.3, 0.4) is 0 Å². The van der Waals surface area contributed by atoms with Gasteiger partial charge in [0.2, 0.25) is 0 Å². The molecule has 0 unspecified atom stereocenters. The number of esters is 2. The first-order valence-corrected chi connectivity index (χ1v) is 19.5. The molecule has 6 rings (SSSR count). The second kappa shape index (κ2) is 16.8. The van der Waals surface area contributed by atoms with Crippen molar-refractivity contribution in [1.29, 1.82) is 0 Å². The predicted molar refractivity (Wildman–Crippen MR) is 210 cm³/mol. The Morgan fingerprint density at radius 3 is 1.83 bits per heavy atom. The van der Waals surface area contributed by atoms with Gasteiger partial charge in [-0.25, -0.2) is 0 Å². The molecule has 2 atom stereocenters. The van der Waals surface area contributed by atoms with Crippen LogP contribution in [-0.2, 0) is 38.9 Å². The van der Waals surface area contributed by atoms with Gasteiger partial charge >= 0.3 is 11.9 Å². The largest absolute Gasteiger partial charge is 0.450 e. The van der Waals surface area contributed by atoms with Crippen molar-refractivity contribution in [2.24, 2.45) is 5.92 Å². The topological polar surface area (TPSA) is 108 Å². The first-order chi connectivity index (χ1) is 26.0. The van der Waals surface area contributed by atoms with Crippen LogP contribution in [0.4, 0.5) is 0 Å². The number of ether oxygens (including phenoxy) is 2. The summed E-state index contributed by atoms with van der Waals surface area (Å²) in [6.45, 7) is 5.08. The van der Waals surface area contributed by atoms with Crippen molar-refractivity contribution in [2.45, 2.75) is 62.1 Å². The molecule has 0 amide bonds. The summed E-state index contributed by atoms with van der Waals surface area (Å²) in [5, 5.41) is 5.41. The van der Waals surface area contributed by atoms with Crippen molar-refractivity contribution in [2.75, 3.05) is 6.61 Å². The van der Waals surface area contributed by atoms with Gasteiger partial charge in [0.15, 0.2) is 0 Å². The van der Waals surface area contributed by atoms with Crippen LogP contribution < -0.4 is 5.32 Å². The molecule has 278 valence electrons. The number of carbonyl (C=O) groups is 2. The molecular formula is C45H45NO7S. The molecule has 0 saturated carbocycles. The Morgan fingerprint density at radius 1 is 0.759 bits per heavy atom. The molecule has 5 aromatic carbocycles. The van der Waals surface area contributed by atoms with E-state index in [9.17, 15) is 18.0 Å². The van der Waals surface area contributed by atoms with E-state index in [4.69, 9.17) is 13.7 Å². The highest BCUT2D eigenvalue weighted by Gasteiger charge is 2.44. The first-order valence-electron chi connectivity index (χ1n) is 18.1. The molecule has 0 spiro atoms. The number of carbonyl (C=O) groups excluding carboxylic acids is 2. The normalized spacial score (nSPS) is 15.0. The van der Waals surface area contributed by atoms with Crippen LogP contribution in [0.15, 0.2) is 162 Å². The van der Waals surface area contributed by atoms with E-state index in [2.05, 4.69) is 5.32 Å². The van der Waals surface area contributed by atoms with E-state index in [1.165, 1.54) is 6.07 Å². The Labute approximate surface area is 317 Å². The molecule has 0 fully saturated rings. The summed E-state index contributed by atoms with van der Waals surface area (Å²) in [6, 6.07) is 40.9. The van der Waals surface area contributed by atoms with Gasteiger partial charge in [0, 0.05) is 0 Å². The standard InChI is InChI=1S/C45H45NO7S/c1-4-33(2)52-42(47)36(19-16-30-51-54(49,50)40-27-26-34-17-14-15-18-35(34)31-40)32-41(43(48)53-44(3)28-29-44)46-45(37-20-8-5-9-21-37,38-22-10-6-11-23-38)39-24-12-7-13-25-39/h4-15,17-18,20-29,31,36,41,46H,16,19,30,32H2,1-3H3/b33-4+/t36-,41-/m0/s1. The van der Waals surface area contributed by atoms with Crippen LogP contribution in [0.25, 0.3) is 10.8 Å². The minimum atomic E-state index is -4.08. The number of nitrogens with one attached hydrogen (secondary N) is 1. The number of benzene rings is 5. The number of hydrogen-bond donors (Lipinski definition) is 1. The van der Waals surface area contributed by atoms with E-state index in [1.54, 1.807) is 51.1 Å². The number of allylic oxidation sites excluding steroid dienone is 2. The van der Waals surface area contributed by atoms with Crippen molar-refractivity contribution in [3.05, 3.63) is 174 Å². The van der Waals surface area contributed by atoms with Crippen LogP contribution >= 0.6 is 0 Å². The van der Waals surface area contributed by atoms with Gasteiger partial charge in [0.1, 0.15) is 17.4 Å². The second-order valence-corrected chi connectivity index (χ2v) is 15.3. The molecule has 1 aliphatic rings. The lowest BCUT2D eigenvalue weighted by Crippen LogP contribution is -2.54. The van der Waals surface area contributed by atoms with Gasteiger partial charge in [-0.05, 0) is 97.9 Å². The maximum atomic E-state index is 14.3. The zero-order valence-corrected chi connectivity index (χ0v) is 31.5. The fourth-order valence-corrected chi connectivity index (χ4v) is 7.55. The minimum Gasteiger partial charge on any atom is -0.450 e. The molecule has 5 aromatic rings. The Bertz CT molecular complexity index is 2130. The molecular weight excluding hydrogens is 699 g/mol. The van der Waals surface area contributed by atoms with E-state index in [-0.39, 0.29) is 30.8 Å². The molecule has 0 radical (unpaired) electrons. The average Bonchev–Trinajstić information content (AvgIpc) is 3.93. The van der Waals surface area contributed by atoms with Crippen molar-refractivity contribution in [3.63, 3.8) is 0 Å². The van der Waals surface area contributed by atoms with E-state index < -0.39 is 45.2 Å². The third-order valence-corrected chi connectivity index (χ3v) is 11.0. The highest BCUT2D eigenvalue weighted by molar-refractivity contribution is 7.86. The summed E-state index contributed by atoms with van der Waals surface area (Å²) < 4.78 is 43.6. The molecule has 0 bridgehead atoms. The molecule has 9 heteroatoms. The molecule has 1 N–H and O–H groups in total.